The Labute approximate surface area is 66.6 Å². The van der Waals surface area contributed by atoms with Gasteiger partial charge in [0.1, 0.15) is 0 Å². The van der Waals surface area contributed by atoms with E-state index in [1.54, 1.807) is 0 Å². The van der Waals surface area contributed by atoms with Gasteiger partial charge in [0.05, 0.1) is 6.54 Å². The smallest absolute Gasteiger partial charge is 0.416 e. The van der Waals surface area contributed by atoms with Crippen molar-refractivity contribution in [2.75, 3.05) is 6.54 Å². The molecule has 1 heterocycles. The van der Waals surface area contributed by atoms with E-state index in [4.69, 9.17) is 10.2 Å². The van der Waals surface area contributed by atoms with Crippen LogP contribution in [0, 0.1) is 0 Å². The van der Waals surface area contributed by atoms with E-state index in [-0.39, 0.29) is 11.4 Å². The molecule has 7 heteroatoms. The largest absolute Gasteiger partial charge is 0.480 e. The van der Waals surface area contributed by atoms with Crippen LogP contribution in [-0.4, -0.2) is 45.8 Å². The Morgan fingerprint density at radius 2 is 2.08 bits per heavy atom. The van der Waals surface area contributed by atoms with Crippen LogP contribution in [0.25, 0.3) is 0 Å². The molecule has 1 saturated heterocycles. The molecule has 1 rings (SSSR count). The normalized spacial score (nSPS) is 22.2. The van der Waals surface area contributed by atoms with Crippen molar-refractivity contribution >= 4 is 18.1 Å². The molecule has 0 radical (unpaired) electrons. The third-order valence-corrected chi connectivity index (χ3v) is 1.47. The van der Waals surface area contributed by atoms with E-state index in [1.165, 1.54) is 0 Å². The molecule has 1 atom stereocenters. The molecule has 0 spiro atoms. The summed E-state index contributed by atoms with van der Waals surface area (Å²) in [5, 5.41) is 19.0. The van der Waals surface area contributed by atoms with Gasteiger partial charge in [0, 0.05) is 0 Å². The lowest BCUT2D eigenvalue weighted by Gasteiger charge is -2.12. The average Bonchev–Trinajstić information content (AvgIpc) is 2.30. The minimum atomic E-state index is -1.56. The van der Waals surface area contributed by atoms with Crippen molar-refractivity contribution in [1.29, 1.82) is 0 Å². The minimum absolute atomic E-state index is 0.180. The van der Waals surface area contributed by atoms with Crippen LogP contribution in [0.15, 0.2) is 0 Å². The number of nitrogens with zero attached hydrogens (tertiary/aromatic N) is 1. The molecule has 0 aliphatic carbocycles. The Hall–Kier alpha value is -1.79. The second-order valence-electron chi connectivity index (χ2n) is 2.19. The van der Waals surface area contributed by atoms with Crippen LogP contribution in [0.3, 0.4) is 0 Å². The van der Waals surface area contributed by atoms with E-state index in [9.17, 15) is 14.4 Å². The van der Waals surface area contributed by atoms with Gasteiger partial charge in [0.25, 0.3) is 0 Å². The SMILES string of the molecule is O=C(O)[C@H]1CNC(=O)N1C(=O)O. The number of carboxylic acid groups (broad SMARTS) is 2. The number of imide groups is 1. The molecule has 0 aromatic heterocycles. The molecule has 0 aromatic rings. The van der Waals surface area contributed by atoms with Gasteiger partial charge < -0.3 is 15.5 Å². The number of hydrogen-bond acceptors (Lipinski definition) is 3. The molecule has 12 heavy (non-hydrogen) atoms. The number of hydrogen-bond donors (Lipinski definition) is 3. The molecule has 1 aliphatic rings. The summed E-state index contributed by atoms with van der Waals surface area (Å²) < 4.78 is 0. The van der Waals surface area contributed by atoms with Gasteiger partial charge in [-0.2, -0.15) is 0 Å². The van der Waals surface area contributed by atoms with Crippen LogP contribution in [0.5, 0.6) is 0 Å². The van der Waals surface area contributed by atoms with Gasteiger partial charge in [-0.25, -0.2) is 19.3 Å². The van der Waals surface area contributed by atoms with Crippen LogP contribution in [0.4, 0.5) is 9.59 Å². The fourth-order valence-electron chi connectivity index (χ4n) is 0.920. The average molecular weight is 174 g/mol. The van der Waals surface area contributed by atoms with E-state index in [2.05, 4.69) is 5.32 Å². The molecule has 0 aromatic carbocycles. The zero-order valence-corrected chi connectivity index (χ0v) is 5.85. The Morgan fingerprint density at radius 1 is 1.50 bits per heavy atom. The maximum absolute atomic E-state index is 10.7. The Kier molecular flexibility index (Phi) is 1.86. The lowest BCUT2D eigenvalue weighted by molar-refractivity contribution is -0.140. The first-order valence-corrected chi connectivity index (χ1v) is 3.07. The number of amides is 3. The van der Waals surface area contributed by atoms with Gasteiger partial charge in [-0.05, 0) is 0 Å². The highest BCUT2D eigenvalue weighted by Crippen LogP contribution is 2.06. The van der Waals surface area contributed by atoms with E-state index in [0.717, 1.165) is 0 Å². The summed E-state index contributed by atoms with van der Waals surface area (Å²) in [6, 6.07) is -2.20. The number of rotatable bonds is 1. The number of carboxylic acids is 1. The first-order chi connectivity index (χ1) is 5.54. The third kappa shape index (κ3) is 1.16. The Morgan fingerprint density at radius 3 is 2.42 bits per heavy atom. The highest BCUT2D eigenvalue weighted by molar-refractivity contribution is 5.97. The van der Waals surface area contributed by atoms with Gasteiger partial charge in [-0.3, -0.25) is 0 Å². The maximum atomic E-state index is 10.7. The lowest BCUT2D eigenvalue weighted by atomic mass is 10.3. The van der Waals surface area contributed by atoms with Gasteiger partial charge in [0.2, 0.25) is 0 Å². The van der Waals surface area contributed by atoms with E-state index >= 15 is 0 Å². The van der Waals surface area contributed by atoms with Crippen molar-refractivity contribution in [3.8, 4) is 0 Å². The minimum Gasteiger partial charge on any atom is -0.480 e. The van der Waals surface area contributed by atoms with Gasteiger partial charge in [-0.15, -0.1) is 0 Å². The summed E-state index contributed by atoms with van der Waals surface area (Å²) in [5.41, 5.74) is 0. The van der Waals surface area contributed by atoms with Crippen molar-refractivity contribution in [1.82, 2.24) is 10.2 Å². The van der Waals surface area contributed by atoms with Crippen molar-refractivity contribution in [3.63, 3.8) is 0 Å². The summed E-state index contributed by atoms with van der Waals surface area (Å²) in [4.78, 5) is 31.6. The molecule has 0 saturated carbocycles. The zero-order chi connectivity index (χ0) is 9.30. The van der Waals surface area contributed by atoms with Crippen molar-refractivity contribution in [3.05, 3.63) is 0 Å². The molecule has 1 fully saturated rings. The van der Waals surface area contributed by atoms with Crippen molar-refractivity contribution in [2.24, 2.45) is 0 Å². The van der Waals surface area contributed by atoms with E-state index < -0.39 is 24.1 Å². The lowest BCUT2D eigenvalue weighted by Crippen LogP contribution is -2.42. The van der Waals surface area contributed by atoms with Crippen LogP contribution in [0.1, 0.15) is 0 Å². The van der Waals surface area contributed by atoms with Gasteiger partial charge in [0.15, 0.2) is 6.04 Å². The molecule has 3 amide bonds. The Bertz CT molecular complexity index is 250. The number of nitrogens with one attached hydrogen (secondary N) is 1. The molecular weight excluding hydrogens is 168 g/mol. The fourth-order valence-corrected chi connectivity index (χ4v) is 0.920. The highest BCUT2D eigenvalue weighted by atomic mass is 16.4. The van der Waals surface area contributed by atoms with Crippen LogP contribution in [-0.2, 0) is 4.79 Å². The van der Waals surface area contributed by atoms with E-state index in [1.807, 2.05) is 0 Å². The molecule has 7 nitrogen and oxygen atoms in total. The second kappa shape index (κ2) is 2.68. The van der Waals surface area contributed by atoms with Crippen molar-refractivity contribution in [2.45, 2.75) is 6.04 Å². The maximum Gasteiger partial charge on any atom is 0.416 e. The molecular formula is C5H6N2O5. The molecule has 1 aliphatic heterocycles. The van der Waals surface area contributed by atoms with Crippen LogP contribution in [0.2, 0.25) is 0 Å². The number of carbonyl (C=O) groups excluding carboxylic acids is 1. The van der Waals surface area contributed by atoms with Crippen LogP contribution < -0.4 is 5.32 Å². The fraction of sp³-hybridized carbons (Fsp3) is 0.400. The standard InChI is InChI=1S/C5H6N2O5/c8-3(9)2-1-6-4(10)7(2)5(11)12/h2H,1H2,(H,6,10)(H,8,9)(H,11,12)/t2-/m1/s1. The third-order valence-electron chi connectivity index (χ3n) is 1.47. The Balaban J connectivity index is 2.84. The summed E-state index contributed by atoms with van der Waals surface area (Å²) >= 11 is 0. The molecule has 66 valence electrons. The number of aliphatic carboxylic acids is 1. The first kappa shape index (κ1) is 8.31. The number of urea groups is 1. The van der Waals surface area contributed by atoms with E-state index in [0.29, 0.717) is 0 Å². The predicted molar refractivity (Wildman–Crippen MR) is 34.7 cm³/mol. The first-order valence-electron chi connectivity index (χ1n) is 3.07. The molecule has 3 N–H and O–H groups in total. The number of carbonyl (C=O) groups is 3. The molecule has 0 unspecified atom stereocenters. The van der Waals surface area contributed by atoms with Gasteiger partial charge >= 0.3 is 18.1 Å². The zero-order valence-electron chi connectivity index (χ0n) is 5.85. The quantitative estimate of drug-likeness (QED) is 0.479. The molecule has 0 bridgehead atoms. The van der Waals surface area contributed by atoms with Crippen molar-refractivity contribution < 1.29 is 24.6 Å². The van der Waals surface area contributed by atoms with Crippen LogP contribution >= 0.6 is 0 Å². The predicted octanol–water partition coefficient (Wildman–Crippen LogP) is -0.857. The summed E-state index contributed by atoms with van der Waals surface area (Å²) in [7, 11) is 0. The summed E-state index contributed by atoms with van der Waals surface area (Å²) in [5.74, 6) is -1.34. The monoisotopic (exact) mass is 174 g/mol. The van der Waals surface area contributed by atoms with Gasteiger partial charge in [-0.1, -0.05) is 0 Å². The summed E-state index contributed by atoms with van der Waals surface area (Å²) in [6.45, 7) is -0.180. The highest BCUT2D eigenvalue weighted by Gasteiger charge is 2.40. The second-order valence-corrected chi connectivity index (χ2v) is 2.19. The topological polar surface area (TPSA) is 107 Å². The summed E-state index contributed by atoms with van der Waals surface area (Å²) in [6.07, 6.45) is -1.56.